The first kappa shape index (κ1) is 12.4. The van der Waals surface area contributed by atoms with Crippen LogP contribution in [-0.2, 0) is 9.53 Å². The normalized spacial score (nSPS) is 10.0. The lowest BCUT2D eigenvalue weighted by Crippen LogP contribution is -2.06. The quantitative estimate of drug-likeness (QED) is 0.431. The summed E-state index contributed by atoms with van der Waals surface area (Å²) >= 11 is 0. The van der Waals surface area contributed by atoms with Crippen molar-refractivity contribution in [3.05, 3.63) is 0 Å². The smallest absolute Gasteiger partial charge is 0.305 e. The maximum absolute atomic E-state index is 10.9. The average molecular weight is 190 g/mol. The van der Waals surface area contributed by atoms with E-state index in [1.54, 1.807) is 0 Å². The van der Waals surface area contributed by atoms with Crippen LogP contribution in [0.1, 0.15) is 32.1 Å². The van der Waals surface area contributed by atoms with Gasteiger partial charge in [0.25, 0.3) is 0 Å². The molecule has 0 aromatic carbocycles. The number of hydrogen-bond acceptors (Lipinski definition) is 4. The van der Waals surface area contributed by atoms with Gasteiger partial charge in [0.05, 0.1) is 6.61 Å². The number of carbonyl (C=O) groups is 1. The standard InChI is InChI=1S/C9H18O4/c10-6-2-1-5-9(12)13-8-4-3-7-11/h10-11H,1-8H2. The Morgan fingerprint density at radius 3 is 2.23 bits per heavy atom. The molecule has 0 radical (unpaired) electrons. The molecule has 2 N–H and O–H groups in total. The maximum atomic E-state index is 10.9. The van der Waals surface area contributed by atoms with E-state index < -0.39 is 0 Å². The maximum Gasteiger partial charge on any atom is 0.305 e. The number of aliphatic hydroxyl groups is 2. The second kappa shape index (κ2) is 9.48. The van der Waals surface area contributed by atoms with Gasteiger partial charge in [0.15, 0.2) is 0 Å². The highest BCUT2D eigenvalue weighted by Crippen LogP contribution is 1.98. The van der Waals surface area contributed by atoms with Crippen molar-refractivity contribution in [1.29, 1.82) is 0 Å². The van der Waals surface area contributed by atoms with Gasteiger partial charge in [-0.15, -0.1) is 0 Å². The molecule has 0 aliphatic carbocycles. The van der Waals surface area contributed by atoms with Gasteiger partial charge in [-0.05, 0) is 25.7 Å². The first-order valence-corrected chi connectivity index (χ1v) is 4.68. The number of rotatable bonds is 8. The van der Waals surface area contributed by atoms with Gasteiger partial charge in [0, 0.05) is 19.6 Å². The van der Waals surface area contributed by atoms with Gasteiger partial charge in [0.1, 0.15) is 0 Å². The lowest BCUT2D eigenvalue weighted by molar-refractivity contribution is -0.144. The Balaban J connectivity index is 3.11. The summed E-state index contributed by atoms with van der Waals surface area (Å²) in [6.07, 6.45) is 3.08. The zero-order valence-electron chi connectivity index (χ0n) is 7.87. The van der Waals surface area contributed by atoms with Crippen LogP contribution in [0, 0.1) is 0 Å². The summed E-state index contributed by atoms with van der Waals surface area (Å²) in [4.78, 5) is 10.9. The van der Waals surface area contributed by atoms with Crippen molar-refractivity contribution in [3.63, 3.8) is 0 Å². The van der Waals surface area contributed by atoms with Gasteiger partial charge in [0.2, 0.25) is 0 Å². The molecule has 0 heterocycles. The fraction of sp³-hybridized carbons (Fsp3) is 0.889. The fourth-order valence-corrected chi connectivity index (χ4v) is 0.853. The number of carbonyl (C=O) groups excluding carboxylic acids is 1. The van der Waals surface area contributed by atoms with Gasteiger partial charge >= 0.3 is 5.97 Å². The van der Waals surface area contributed by atoms with Crippen molar-refractivity contribution in [2.75, 3.05) is 19.8 Å². The minimum Gasteiger partial charge on any atom is -0.466 e. The molecule has 78 valence electrons. The summed E-state index contributed by atoms with van der Waals surface area (Å²) < 4.78 is 4.86. The molecule has 0 bridgehead atoms. The Labute approximate surface area is 78.5 Å². The van der Waals surface area contributed by atoms with Gasteiger partial charge in [-0.25, -0.2) is 0 Å². The van der Waals surface area contributed by atoms with Gasteiger partial charge in [-0.1, -0.05) is 0 Å². The summed E-state index contributed by atoms with van der Waals surface area (Å²) in [6.45, 7) is 0.651. The van der Waals surface area contributed by atoms with Crippen LogP contribution in [-0.4, -0.2) is 36.0 Å². The Kier molecular flexibility index (Phi) is 9.03. The molecule has 0 unspecified atom stereocenters. The lowest BCUT2D eigenvalue weighted by atomic mass is 10.2. The van der Waals surface area contributed by atoms with Crippen molar-refractivity contribution >= 4 is 5.97 Å². The number of esters is 1. The zero-order valence-corrected chi connectivity index (χ0v) is 7.87. The van der Waals surface area contributed by atoms with Crippen LogP contribution >= 0.6 is 0 Å². The third-order valence-corrected chi connectivity index (χ3v) is 1.60. The molecule has 4 nitrogen and oxygen atoms in total. The third kappa shape index (κ3) is 9.30. The van der Waals surface area contributed by atoms with Crippen LogP contribution in [0.25, 0.3) is 0 Å². The van der Waals surface area contributed by atoms with E-state index in [2.05, 4.69) is 0 Å². The van der Waals surface area contributed by atoms with Crippen LogP contribution in [0.15, 0.2) is 0 Å². The first-order chi connectivity index (χ1) is 6.31. The van der Waals surface area contributed by atoms with Crippen LogP contribution in [0.4, 0.5) is 0 Å². The number of aliphatic hydroxyl groups excluding tert-OH is 2. The highest BCUT2D eigenvalue weighted by atomic mass is 16.5. The van der Waals surface area contributed by atoms with E-state index in [-0.39, 0.29) is 19.2 Å². The molecule has 0 rings (SSSR count). The van der Waals surface area contributed by atoms with Crippen molar-refractivity contribution in [1.82, 2.24) is 0 Å². The molecule has 0 amide bonds. The van der Waals surface area contributed by atoms with E-state index in [1.165, 1.54) is 0 Å². The van der Waals surface area contributed by atoms with E-state index in [0.29, 0.717) is 38.7 Å². The second-order valence-corrected chi connectivity index (χ2v) is 2.83. The predicted octanol–water partition coefficient (Wildman–Crippen LogP) is 0.465. The van der Waals surface area contributed by atoms with Crippen molar-refractivity contribution in [2.45, 2.75) is 32.1 Å². The Bertz CT molecular complexity index is 125. The van der Waals surface area contributed by atoms with Crippen LogP contribution in [0.3, 0.4) is 0 Å². The predicted molar refractivity (Wildman–Crippen MR) is 48.2 cm³/mol. The van der Waals surface area contributed by atoms with E-state index in [1.807, 2.05) is 0 Å². The molecule has 0 aliphatic heterocycles. The molecule has 4 heteroatoms. The fourth-order valence-electron chi connectivity index (χ4n) is 0.853. The van der Waals surface area contributed by atoms with Gasteiger partial charge < -0.3 is 14.9 Å². The molecule has 0 atom stereocenters. The molecule has 0 aliphatic rings. The van der Waals surface area contributed by atoms with E-state index in [9.17, 15) is 4.79 Å². The lowest BCUT2D eigenvalue weighted by Gasteiger charge is -2.02. The Hall–Kier alpha value is -0.610. The molecular formula is C9H18O4. The topological polar surface area (TPSA) is 66.8 Å². The average Bonchev–Trinajstić information content (AvgIpc) is 2.13. The highest BCUT2D eigenvalue weighted by Gasteiger charge is 2.01. The van der Waals surface area contributed by atoms with Crippen LogP contribution in [0.5, 0.6) is 0 Å². The summed E-state index contributed by atoms with van der Waals surface area (Å²) in [5.41, 5.74) is 0. The Morgan fingerprint density at radius 2 is 1.62 bits per heavy atom. The van der Waals surface area contributed by atoms with E-state index in [4.69, 9.17) is 14.9 Å². The SMILES string of the molecule is O=C(CCCCO)OCCCCO. The third-order valence-electron chi connectivity index (χ3n) is 1.60. The van der Waals surface area contributed by atoms with Gasteiger partial charge in [-0.2, -0.15) is 0 Å². The number of unbranched alkanes of at least 4 members (excludes halogenated alkanes) is 2. The molecule has 0 aromatic heterocycles. The highest BCUT2D eigenvalue weighted by molar-refractivity contribution is 5.69. The number of ether oxygens (including phenoxy) is 1. The molecule has 13 heavy (non-hydrogen) atoms. The molecule has 0 aromatic rings. The van der Waals surface area contributed by atoms with E-state index >= 15 is 0 Å². The van der Waals surface area contributed by atoms with E-state index in [0.717, 1.165) is 0 Å². The van der Waals surface area contributed by atoms with Crippen molar-refractivity contribution in [3.8, 4) is 0 Å². The minimum atomic E-state index is -0.216. The zero-order chi connectivity index (χ0) is 9.94. The minimum absolute atomic E-state index is 0.123. The summed E-state index contributed by atoms with van der Waals surface area (Å²) in [7, 11) is 0. The van der Waals surface area contributed by atoms with Crippen molar-refractivity contribution < 1.29 is 19.7 Å². The van der Waals surface area contributed by atoms with Crippen LogP contribution < -0.4 is 0 Å². The van der Waals surface area contributed by atoms with Crippen LogP contribution in [0.2, 0.25) is 0 Å². The molecule has 0 saturated heterocycles. The molecule has 0 saturated carbocycles. The summed E-state index contributed by atoms with van der Waals surface area (Å²) in [6, 6.07) is 0. The first-order valence-electron chi connectivity index (χ1n) is 4.68. The summed E-state index contributed by atoms with van der Waals surface area (Å²) in [5.74, 6) is -0.216. The monoisotopic (exact) mass is 190 g/mol. The van der Waals surface area contributed by atoms with Gasteiger partial charge in [-0.3, -0.25) is 4.79 Å². The molecular weight excluding hydrogens is 172 g/mol. The largest absolute Gasteiger partial charge is 0.466 e. The van der Waals surface area contributed by atoms with Crippen molar-refractivity contribution in [2.24, 2.45) is 0 Å². The number of hydrogen-bond donors (Lipinski definition) is 2. The Morgan fingerprint density at radius 1 is 1.00 bits per heavy atom. The molecule has 0 spiro atoms. The summed E-state index contributed by atoms with van der Waals surface area (Å²) in [5, 5.41) is 16.9. The molecule has 0 fully saturated rings. The second-order valence-electron chi connectivity index (χ2n) is 2.83.